The van der Waals surface area contributed by atoms with Crippen LogP contribution in [0.4, 0.5) is 10.6 Å². The van der Waals surface area contributed by atoms with Crippen LogP contribution in [0.5, 0.6) is 0 Å². The molecule has 0 N–H and O–H groups in total. The van der Waals surface area contributed by atoms with E-state index < -0.39 is 5.60 Å². The first-order valence-corrected chi connectivity index (χ1v) is 8.31. The Morgan fingerprint density at radius 2 is 2.00 bits per heavy atom. The van der Waals surface area contributed by atoms with Crippen molar-refractivity contribution in [3.05, 3.63) is 17.8 Å². The third kappa shape index (κ3) is 3.26. The quantitative estimate of drug-likeness (QED) is 0.796. The molecule has 2 aliphatic heterocycles. The SMILES string of the molecule is Cc1ccc(N2C3C[C@H](C)C2CN(C(=O)OC(C)(C)C)C3)nn1. The summed E-state index contributed by atoms with van der Waals surface area (Å²) in [7, 11) is 0. The van der Waals surface area contributed by atoms with E-state index >= 15 is 0 Å². The highest BCUT2D eigenvalue weighted by atomic mass is 16.6. The van der Waals surface area contributed by atoms with Crippen molar-refractivity contribution in [2.24, 2.45) is 5.92 Å². The van der Waals surface area contributed by atoms with Gasteiger partial charge in [0, 0.05) is 19.1 Å². The minimum atomic E-state index is -0.457. The Balaban J connectivity index is 1.77. The van der Waals surface area contributed by atoms with Crippen molar-refractivity contribution in [3.63, 3.8) is 0 Å². The Bertz CT molecular complexity index is 581. The summed E-state index contributed by atoms with van der Waals surface area (Å²) in [5, 5.41) is 8.53. The molecule has 2 saturated heterocycles. The molecular formula is C17H26N4O2. The fraction of sp³-hybridized carbons (Fsp3) is 0.706. The number of anilines is 1. The van der Waals surface area contributed by atoms with E-state index in [0.29, 0.717) is 19.0 Å². The summed E-state index contributed by atoms with van der Waals surface area (Å²) in [5.74, 6) is 1.44. The summed E-state index contributed by atoms with van der Waals surface area (Å²) in [6.45, 7) is 11.3. The van der Waals surface area contributed by atoms with Crippen LogP contribution in [-0.2, 0) is 4.74 Å². The number of nitrogens with zero attached hydrogens (tertiary/aromatic N) is 4. The Labute approximate surface area is 137 Å². The van der Waals surface area contributed by atoms with Crippen LogP contribution in [0.1, 0.15) is 39.8 Å². The molecule has 2 aliphatic rings. The van der Waals surface area contributed by atoms with Crippen LogP contribution in [0.15, 0.2) is 12.1 Å². The number of likely N-dealkylation sites (tertiary alicyclic amines) is 1. The maximum absolute atomic E-state index is 12.4. The van der Waals surface area contributed by atoms with Crippen LogP contribution in [0.25, 0.3) is 0 Å². The summed E-state index contributed by atoms with van der Waals surface area (Å²) in [4.78, 5) is 16.6. The number of ether oxygens (including phenoxy) is 1. The number of hydrogen-bond donors (Lipinski definition) is 0. The number of piperazine rings is 1. The van der Waals surface area contributed by atoms with Crippen molar-refractivity contribution in [2.75, 3.05) is 18.0 Å². The van der Waals surface area contributed by atoms with E-state index in [4.69, 9.17) is 4.74 Å². The third-order valence-corrected chi connectivity index (χ3v) is 4.59. The van der Waals surface area contributed by atoms with Gasteiger partial charge in [-0.1, -0.05) is 6.92 Å². The van der Waals surface area contributed by atoms with Crippen LogP contribution < -0.4 is 4.90 Å². The molecule has 1 aromatic heterocycles. The molecule has 1 amide bonds. The predicted molar refractivity (Wildman–Crippen MR) is 88.4 cm³/mol. The number of hydrogen-bond acceptors (Lipinski definition) is 5. The van der Waals surface area contributed by atoms with E-state index in [1.807, 2.05) is 44.7 Å². The van der Waals surface area contributed by atoms with Crippen molar-refractivity contribution in [3.8, 4) is 0 Å². The minimum absolute atomic E-state index is 0.212. The van der Waals surface area contributed by atoms with Gasteiger partial charge in [-0.25, -0.2) is 4.79 Å². The van der Waals surface area contributed by atoms with Crippen LogP contribution in [-0.4, -0.2) is 52.0 Å². The maximum Gasteiger partial charge on any atom is 0.410 e. The highest BCUT2D eigenvalue weighted by Crippen LogP contribution is 2.37. The molecule has 3 rings (SSSR count). The van der Waals surface area contributed by atoms with Gasteiger partial charge >= 0.3 is 6.09 Å². The van der Waals surface area contributed by atoms with Gasteiger partial charge in [0.25, 0.3) is 0 Å². The molecule has 2 fully saturated rings. The van der Waals surface area contributed by atoms with E-state index in [0.717, 1.165) is 17.9 Å². The van der Waals surface area contributed by atoms with Crippen molar-refractivity contribution < 1.29 is 9.53 Å². The van der Waals surface area contributed by atoms with Crippen molar-refractivity contribution >= 4 is 11.9 Å². The van der Waals surface area contributed by atoms with Gasteiger partial charge in [0.15, 0.2) is 5.82 Å². The first kappa shape index (κ1) is 16.0. The van der Waals surface area contributed by atoms with Crippen LogP contribution in [0.3, 0.4) is 0 Å². The Hall–Kier alpha value is -1.85. The Morgan fingerprint density at radius 1 is 1.26 bits per heavy atom. The monoisotopic (exact) mass is 318 g/mol. The van der Waals surface area contributed by atoms with Gasteiger partial charge in [-0.2, -0.15) is 5.10 Å². The smallest absolute Gasteiger partial charge is 0.410 e. The molecule has 2 unspecified atom stereocenters. The molecule has 3 heterocycles. The zero-order valence-corrected chi connectivity index (χ0v) is 14.6. The van der Waals surface area contributed by atoms with Crippen LogP contribution in [0.2, 0.25) is 0 Å². The van der Waals surface area contributed by atoms with Gasteiger partial charge in [0.05, 0.1) is 11.7 Å². The number of fused-ring (bicyclic) bond motifs is 2. The molecule has 23 heavy (non-hydrogen) atoms. The molecule has 2 bridgehead atoms. The van der Waals surface area contributed by atoms with Gasteiger partial charge in [-0.3, -0.25) is 0 Å². The first-order chi connectivity index (χ1) is 10.7. The van der Waals surface area contributed by atoms with Crippen LogP contribution in [0, 0.1) is 12.8 Å². The zero-order chi connectivity index (χ0) is 16.8. The standard InChI is InChI=1S/C17H26N4O2/c1-11-8-13-9-20(16(22)23-17(3,4)5)10-14(11)21(13)15-7-6-12(2)18-19-15/h6-7,11,13-14H,8-10H2,1-5H3/t11-,13?,14?/m0/s1. The second-order valence-electron chi connectivity index (χ2n) is 7.76. The van der Waals surface area contributed by atoms with Crippen molar-refractivity contribution in [1.29, 1.82) is 0 Å². The van der Waals surface area contributed by atoms with E-state index in [2.05, 4.69) is 22.0 Å². The number of aromatic nitrogens is 2. The van der Waals surface area contributed by atoms with E-state index in [1.54, 1.807) is 0 Å². The largest absolute Gasteiger partial charge is 0.444 e. The summed E-state index contributed by atoms with van der Waals surface area (Å²) in [6.07, 6.45) is 0.857. The minimum Gasteiger partial charge on any atom is -0.444 e. The molecule has 6 heteroatoms. The molecule has 0 saturated carbocycles. The molecule has 126 valence electrons. The summed E-state index contributed by atoms with van der Waals surface area (Å²) >= 11 is 0. The molecule has 1 aromatic rings. The van der Waals surface area contributed by atoms with Gasteiger partial charge in [-0.15, -0.1) is 5.10 Å². The van der Waals surface area contributed by atoms with Gasteiger partial charge in [-0.05, 0) is 52.2 Å². The second kappa shape index (κ2) is 5.65. The van der Waals surface area contributed by atoms with Gasteiger partial charge in [0.1, 0.15) is 5.60 Å². The fourth-order valence-corrected chi connectivity index (χ4v) is 3.59. The molecule has 0 aromatic carbocycles. The number of carbonyl (C=O) groups is 1. The van der Waals surface area contributed by atoms with Crippen molar-refractivity contribution in [2.45, 2.75) is 58.7 Å². The van der Waals surface area contributed by atoms with E-state index in [1.165, 1.54) is 0 Å². The molecule has 0 spiro atoms. The van der Waals surface area contributed by atoms with Crippen LogP contribution >= 0.6 is 0 Å². The van der Waals surface area contributed by atoms with Crippen molar-refractivity contribution in [1.82, 2.24) is 15.1 Å². The third-order valence-electron chi connectivity index (χ3n) is 4.59. The molecule has 0 radical (unpaired) electrons. The average Bonchev–Trinajstić information content (AvgIpc) is 2.64. The predicted octanol–water partition coefficient (Wildman–Crippen LogP) is 2.62. The molecular weight excluding hydrogens is 292 g/mol. The molecule has 6 nitrogen and oxygen atoms in total. The average molecular weight is 318 g/mol. The first-order valence-electron chi connectivity index (χ1n) is 8.31. The number of amides is 1. The second-order valence-corrected chi connectivity index (χ2v) is 7.76. The van der Waals surface area contributed by atoms with Gasteiger partial charge < -0.3 is 14.5 Å². The normalized spacial score (nSPS) is 27.3. The Morgan fingerprint density at radius 3 is 2.57 bits per heavy atom. The molecule has 0 aliphatic carbocycles. The fourth-order valence-electron chi connectivity index (χ4n) is 3.59. The van der Waals surface area contributed by atoms with E-state index in [-0.39, 0.29) is 18.2 Å². The number of rotatable bonds is 1. The van der Waals surface area contributed by atoms with Gasteiger partial charge in [0.2, 0.25) is 0 Å². The lowest BCUT2D eigenvalue weighted by atomic mass is 10.0. The Kier molecular flexibility index (Phi) is 3.94. The lowest BCUT2D eigenvalue weighted by Gasteiger charge is -2.42. The highest BCUT2D eigenvalue weighted by Gasteiger charge is 2.46. The summed E-state index contributed by atoms with van der Waals surface area (Å²) in [6, 6.07) is 4.59. The van der Waals surface area contributed by atoms with E-state index in [9.17, 15) is 4.79 Å². The maximum atomic E-state index is 12.4. The zero-order valence-electron chi connectivity index (χ0n) is 14.6. The topological polar surface area (TPSA) is 58.6 Å². The summed E-state index contributed by atoms with van der Waals surface area (Å²) < 4.78 is 5.53. The molecule has 3 atom stereocenters. The highest BCUT2D eigenvalue weighted by molar-refractivity contribution is 5.69. The number of aryl methyl sites for hydroxylation is 1. The summed E-state index contributed by atoms with van der Waals surface area (Å²) in [5.41, 5.74) is 0.461. The lowest BCUT2D eigenvalue weighted by Crippen LogP contribution is -2.57. The number of carbonyl (C=O) groups excluding carboxylic acids is 1. The lowest BCUT2D eigenvalue weighted by molar-refractivity contribution is 0.0206.